The lowest BCUT2D eigenvalue weighted by Gasteiger charge is -2.13. The lowest BCUT2D eigenvalue weighted by molar-refractivity contribution is 0.881. The topological polar surface area (TPSA) is 67.3 Å². The van der Waals surface area contributed by atoms with Crippen molar-refractivity contribution in [1.82, 2.24) is 25.6 Å². The molecule has 5 nitrogen and oxygen atoms in total. The molecule has 0 fully saturated rings. The molecule has 0 aliphatic heterocycles. The van der Waals surface area contributed by atoms with Crippen LogP contribution in [-0.2, 0) is 0 Å². The van der Waals surface area contributed by atoms with Crippen molar-refractivity contribution in [2.24, 2.45) is 0 Å². The second kappa shape index (κ2) is 5.49. The Kier molecular flexibility index (Phi) is 3.03. The Bertz CT molecular complexity index is 1180. The molecule has 0 saturated heterocycles. The van der Waals surface area contributed by atoms with Crippen molar-refractivity contribution < 1.29 is 0 Å². The highest BCUT2D eigenvalue weighted by molar-refractivity contribution is 6.15. The minimum absolute atomic E-state index is 0.647. The van der Waals surface area contributed by atoms with Crippen LogP contribution in [0.25, 0.3) is 44.2 Å². The quantitative estimate of drug-likeness (QED) is 0.494. The van der Waals surface area contributed by atoms with Crippen LogP contribution in [0.5, 0.6) is 0 Å². The highest BCUT2D eigenvalue weighted by atomic mass is 15.5. The van der Waals surface area contributed by atoms with Crippen LogP contribution in [0.3, 0.4) is 0 Å². The summed E-state index contributed by atoms with van der Waals surface area (Å²) in [5, 5.41) is 17.9. The van der Waals surface area contributed by atoms with E-state index in [2.05, 4.69) is 55.9 Å². The van der Waals surface area contributed by atoms with E-state index >= 15 is 0 Å². The van der Waals surface area contributed by atoms with Crippen LogP contribution in [0.2, 0.25) is 0 Å². The van der Waals surface area contributed by atoms with Crippen LogP contribution in [-0.4, -0.2) is 25.6 Å². The second-order valence-electron chi connectivity index (χ2n) is 5.84. The van der Waals surface area contributed by atoms with Gasteiger partial charge in [0.2, 0.25) is 0 Å². The average Bonchev–Trinajstić information content (AvgIpc) is 3.22. The molecule has 0 saturated carbocycles. The Morgan fingerprint density at radius 1 is 0.800 bits per heavy atom. The van der Waals surface area contributed by atoms with E-state index in [0.29, 0.717) is 5.82 Å². The van der Waals surface area contributed by atoms with Gasteiger partial charge in [-0.2, -0.15) is 0 Å². The number of nitrogens with zero attached hydrogens (tertiary/aromatic N) is 4. The third-order valence-corrected chi connectivity index (χ3v) is 4.42. The van der Waals surface area contributed by atoms with E-state index in [0.717, 1.165) is 33.0 Å². The summed E-state index contributed by atoms with van der Waals surface area (Å²) in [6.45, 7) is 0. The van der Waals surface area contributed by atoms with Crippen LogP contribution in [0.1, 0.15) is 0 Å². The molecule has 0 unspecified atom stereocenters. The van der Waals surface area contributed by atoms with Crippen LogP contribution in [0.15, 0.2) is 72.9 Å². The molecule has 0 aliphatic carbocycles. The van der Waals surface area contributed by atoms with Gasteiger partial charge in [0.25, 0.3) is 0 Å². The molecule has 0 atom stereocenters. The standard InChI is InChI=1S/C20H13N5/c1-2-6-13(7-3-1)18-16(20-22-24-25-23-20)10-11-17-19(18)15-9-5-4-8-14(15)12-21-17/h1-12H,(H,22,23,24,25). The number of tetrazole rings is 1. The van der Waals surface area contributed by atoms with E-state index < -0.39 is 0 Å². The molecular weight excluding hydrogens is 310 g/mol. The smallest absolute Gasteiger partial charge is 0.180 e. The molecular formula is C20H13N5. The maximum atomic E-state index is 4.66. The normalized spacial score (nSPS) is 11.2. The molecule has 0 spiro atoms. The van der Waals surface area contributed by atoms with E-state index in [-0.39, 0.29) is 0 Å². The number of nitrogens with one attached hydrogen (secondary N) is 1. The molecule has 2 aromatic heterocycles. The van der Waals surface area contributed by atoms with Gasteiger partial charge in [0.15, 0.2) is 5.82 Å². The summed E-state index contributed by atoms with van der Waals surface area (Å²) >= 11 is 0. The lowest BCUT2D eigenvalue weighted by Crippen LogP contribution is -1.92. The number of rotatable bonds is 2. The van der Waals surface area contributed by atoms with Crippen molar-refractivity contribution in [3.05, 3.63) is 72.9 Å². The summed E-state index contributed by atoms with van der Waals surface area (Å²) < 4.78 is 0. The molecule has 1 N–H and O–H groups in total. The number of aromatic nitrogens is 5. The lowest BCUT2D eigenvalue weighted by atomic mass is 9.92. The first-order valence-electron chi connectivity index (χ1n) is 8.02. The predicted octanol–water partition coefficient (Wildman–Crippen LogP) is 4.24. The number of pyridine rings is 1. The molecule has 5 heteroatoms. The SMILES string of the molecule is c1ccc(-c2c(-c3nnn[nH]3)ccc3ncc4ccccc4c23)cc1. The number of hydrogen-bond donors (Lipinski definition) is 1. The van der Waals surface area contributed by atoms with Gasteiger partial charge in [-0.1, -0.05) is 54.6 Å². The van der Waals surface area contributed by atoms with E-state index in [9.17, 15) is 0 Å². The zero-order valence-electron chi connectivity index (χ0n) is 13.2. The molecule has 5 aromatic rings. The molecule has 2 heterocycles. The van der Waals surface area contributed by atoms with E-state index in [4.69, 9.17) is 0 Å². The number of hydrogen-bond acceptors (Lipinski definition) is 4. The fourth-order valence-electron chi connectivity index (χ4n) is 3.32. The molecule has 5 rings (SSSR count). The minimum Gasteiger partial charge on any atom is -0.256 e. The molecule has 0 bridgehead atoms. The van der Waals surface area contributed by atoms with E-state index in [1.807, 2.05) is 42.6 Å². The summed E-state index contributed by atoms with van der Waals surface area (Å²) in [4.78, 5) is 4.66. The van der Waals surface area contributed by atoms with Crippen molar-refractivity contribution in [3.63, 3.8) is 0 Å². The number of H-pyrrole nitrogens is 1. The van der Waals surface area contributed by atoms with Crippen LogP contribution < -0.4 is 0 Å². The predicted molar refractivity (Wildman–Crippen MR) is 97.9 cm³/mol. The Balaban J connectivity index is 2.00. The van der Waals surface area contributed by atoms with Crippen molar-refractivity contribution in [1.29, 1.82) is 0 Å². The summed E-state index contributed by atoms with van der Waals surface area (Å²) in [5.74, 6) is 0.647. The van der Waals surface area contributed by atoms with E-state index in [1.165, 1.54) is 5.39 Å². The zero-order valence-corrected chi connectivity index (χ0v) is 13.2. The molecule has 0 aliphatic rings. The maximum Gasteiger partial charge on any atom is 0.180 e. The molecule has 0 radical (unpaired) electrons. The first kappa shape index (κ1) is 13.8. The number of fused-ring (bicyclic) bond motifs is 3. The van der Waals surface area contributed by atoms with Gasteiger partial charge >= 0.3 is 0 Å². The Hall–Kier alpha value is -3.60. The van der Waals surface area contributed by atoms with Crippen LogP contribution in [0.4, 0.5) is 0 Å². The van der Waals surface area contributed by atoms with Gasteiger partial charge in [-0.3, -0.25) is 4.98 Å². The highest BCUT2D eigenvalue weighted by Gasteiger charge is 2.16. The van der Waals surface area contributed by atoms with Crippen molar-refractivity contribution in [2.45, 2.75) is 0 Å². The summed E-state index contributed by atoms with van der Waals surface area (Å²) in [6, 6.07) is 22.6. The summed E-state index contributed by atoms with van der Waals surface area (Å²) in [5.41, 5.74) is 4.11. The van der Waals surface area contributed by atoms with Gasteiger partial charge in [0, 0.05) is 28.1 Å². The monoisotopic (exact) mass is 323 g/mol. The van der Waals surface area contributed by atoms with Gasteiger partial charge in [0.1, 0.15) is 0 Å². The fourth-order valence-corrected chi connectivity index (χ4v) is 3.32. The number of aromatic amines is 1. The van der Waals surface area contributed by atoms with Gasteiger partial charge in [-0.15, -0.1) is 5.10 Å². The van der Waals surface area contributed by atoms with E-state index in [1.54, 1.807) is 0 Å². The number of benzene rings is 3. The van der Waals surface area contributed by atoms with Crippen molar-refractivity contribution >= 4 is 21.7 Å². The third-order valence-electron chi connectivity index (χ3n) is 4.42. The molecule has 0 amide bonds. The van der Waals surface area contributed by atoms with Crippen LogP contribution >= 0.6 is 0 Å². The second-order valence-corrected chi connectivity index (χ2v) is 5.84. The van der Waals surface area contributed by atoms with Gasteiger partial charge < -0.3 is 0 Å². The average molecular weight is 323 g/mol. The highest BCUT2D eigenvalue weighted by Crippen LogP contribution is 2.39. The van der Waals surface area contributed by atoms with Crippen molar-refractivity contribution in [3.8, 4) is 22.5 Å². The minimum atomic E-state index is 0.647. The van der Waals surface area contributed by atoms with Gasteiger partial charge in [-0.25, -0.2) is 5.10 Å². The molecule has 3 aromatic carbocycles. The molecule has 25 heavy (non-hydrogen) atoms. The summed E-state index contributed by atoms with van der Waals surface area (Å²) in [6.07, 6.45) is 1.92. The Morgan fingerprint density at radius 3 is 2.48 bits per heavy atom. The third kappa shape index (κ3) is 2.17. The van der Waals surface area contributed by atoms with Crippen molar-refractivity contribution in [2.75, 3.05) is 0 Å². The molecule has 118 valence electrons. The van der Waals surface area contributed by atoms with Gasteiger partial charge in [-0.05, 0) is 33.5 Å². The zero-order chi connectivity index (χ0) is 16.6. The van der Waals surface area contributed by atoms with Gasteiger partial charge in [0.05, 0.1) is 5.52 Å². The Labute approximate surface area is 143 Å². The largest absolute Gasteiger partial charge is 0.256 e. The Morgan fingerprint density at radius 2 is 1.64 bits per heavy atom. The first-order chi connectivity index (χ1) is 12.4. The van der Waals surface area contributed by atoms with Crippen LogP contribution in [0, 0.1) is 0 Å². The fraction of sp³-hybridized carbons (Fsp3) is 0. The maximum absolute atomic E-state index is 4.66. The summed E-state index contributed by atoms with van der Waals surface area (Å²) in [7, 11) is 0. The first-order valence-corrected chi connectivity index (χ1v) is 8.02.